The van der Waals surface area contributed by atoms with Gasteiger partial charge in [0.25, 0.3) is 0 Å². The predicted molar refractivity (Wildman–Crippen MR) is 30.4 cm³/mol. The van der Waals surface area contributed by atoms with E-state index in [1.807, 2.05) is 0 Å². The fourth-order valence-corrected chi connectivity index (χ4v) is 0.660. The molecule has 0 aliphatic heterocycles. The number of hydrogen-bond acceptors (Lipinski definition) is 1. The van der Waals surface area contributed by atoms with Gasteiger partial charge in [-0.25, -0.2) is 4.39 Å². The van der Waals surface area contributed by atoms with Gasteiger partial charge in [0.05, 0.1) is 0 Å². The minimum atomic E-state index is -4.79. The number of nitrogens with one attached hydrogen (secondary N) is 1. The topological polar surface area (TPSA) is 12.0 Å². The van der Waals surface area contributed by atoms with Crippen LogP contribution in [0.2, 0.25) is 0 Å². The van der Waals surface area contributed by atoms with Crippen LogP contribution in [0.4, 0.5) is 17.3 Å². The third kappa shape index (κ3) is 5.59. The molecule has 60 valence electrons. The third-order valence-electron chi connectivity index (χ3n) is 1.32. The molecule has 0 heterocycles. The molecule has 1 rings (SSSR count). The summed E-state index contributed by atoms with van der Waals surface area (Å²) in [4.78, 5) is 0. The molecule has 0 aromatic rings. The molecule has 7 heteroatoms. The summed E-state index contributed by atoms with van der Waals surface area (Å²) in [5, 5.41) is 2.07. The van der Waals surface area contributed by atoms with Gasteiger partial charge in [-0.1, -0.05) is 0 Å². The summed E-state index contributed by atoms with van der Waals surface area (Å²) in [7, 11) is 0. The largest absolute Gasteiger partial charge is 1.00 e. The zero-order valence-electron chi connectivity index (χ0n) is 6.16. The van der Waals surface area contributed by atoms with Crippen LogP contribution >= 0.6 is 0 Å². The van der Waals surface area contributed by atoms with Crippen molar-refractivity contribution < 1.29 is 68.7 Å². The molecule has 1 fully saturated rings. The molecule has 1 nitrogen and oxygen atoms in total. The molecular formula is C4H7BF4KN. The van der Waals surface area contributed by atoms with Gasteiger partial charge >= 0.3 is 58.4 Å². The van der Waals surface area contributed by atoms with Crippen LogP contribution in [0.3, 0.4) is 0 Å². The van der Waals surface area contributed by atoms with Gasteiger partial charge in [0.1, 0.15) is 6.17 Å². The maximum absolute atomic E-state index is 11.9. The fraction of sp³-hybridized carbons (Fsp3) is 1.00. The molecule has 0 radical (unpaired) electrons. The van der Waals surface area contributed by atoms with E-state index in [1.165, 1.54) is 0 Å². The van der Waals surface area contributed by atoms with E-state index < -0.39 is 25.6 Å². The van der Waals surface area contributed by atoms with Crippen LogP contribution in [0.5, 0.6) is 0 Å². The summed E-state index contributed by atoms with van der Waals surface area (Å²) < 4.78 is 46.3. The first-order valence-corrected chi connectivity index (χ1v) is 3.07. The van der Waals surface area contributed by atoms with Gasteiger partial charge in [-0.05, 0) is 12.9 Å². The zero-order chi connectivity index (χ0) is 7.78. The Morgan fingerprint density at radius 2 is 1.82 bits per heavy atom. The summed E-state index contributed by atoms with van der Waals surface area (Å²) in [5.41, 5.74) is 0. The van der Waals surface area contributed by atoms with Crippen molar-refractivity contribution >= 4 is 6.98 Å². The van der Waals surface area contributed by atoms with Crippen LogP contribution in [0, 0.1) is 0 Å². The Bertz CT molecular complexity index is 130. The monoisotopic (exact) mass is 195 g/mol. The number of halogens is 4. The van der Waals surface area contributed by atoms with Crippen molar-refractivity contribution in [3.05, 3.63) is 0 Å². The predicted octanol–water partition coefficient (Wildman–Crippen LogP) is -1.92. The number of rotatable bonds is 3. The molecule has 1 aliphatic carbocycles. The standard InChI is InChI=1S/C4H7BF4N.K/c6-3-1-4(3)10-2-5(7,8)9;/h3-4,10H,1-2H2;/q-1;+1/t3-,4+;/m0./s1. The van der Waals surface area contributed by atoms with Gasteiger partial charge in [-0.15, -0.1) is 0 Å². The average Bonchev–Trinajstić information content (AvgIpc) is 2.40. The van der Waals surface area contributed by atoms with Crippen LogP contribution in [0.15, 0.2) is 0 Å². The first-order valence-electron chi connectivity index (χ1n) is 3.07. The molecule has 1 aliphatic rings. The molecule has 11 heavy (non-hydrogen) atoms. The van der Waals surface area contributed by atoms with E-state index in [1.54, 1.807) is 0 Å². The zero-order valence-corrected chi connectivity index (χ0v) is 9.28. The molecule has 1 N–H and O–H groups in total. The van der Waals surface area contributed by atoms with Gasteiger partial charge in [0.15, 0.2) is 0 Å². The first-order chi connectivity index (χ1) is 4.49. The van der Waals surface area contributed by atoms with Crippen molar-refractivity contribution in [3.8, 4) is 0 Å². The van der Waals surface area contributed by atoms with Crippen LogP contribution < -0.4 is 56.7 Å². The normalized spacial score (nSPS) is 29.5. The number of hydrogen-bond donors (Lipinski definition) is 1. The minimum absolute atomic E-state index is 0. The maximum atomic E-state index is 11.9. The second-order valence-corrected chi connectivity index (χ2v) is 2.48. The Labute approximate surface area is 105 Å². The fourth-order valence-electron chi connectivity index (χ4n) is 0.660. The molecule has 2 atom stereocenters. The minimum Gasteiger partial charge on any atom is -0.448 e. The second-order valence-electron chi connectivity index (χ2n) is 2.48. The Kier molecular flexibility index (Phi) is 5.14. The van der Waals surface area contributed by atoms with Crippen molar-refractivity contribution in [2.45, 2.75) is 18.6 Å². The van der Waals surface area contributed by atoms with Gasteiger partial charge in [0.2, 0.25) is 0 Å². The smallest absolute Gasteiger partial charge is 0.448 e. The van der Waals surface area contributed by atoms with Gasteiger partial charge in [-0.2, -0.15) is 0 Å². The average molecular weight is 195 g/mol. The molecule has 1 saturated carbocycles. The van der Waals surface area contributed by atoms with Crippen molar-refractivity contribution in [3.63, 3.8) is 0 Å². The van der Waals surface area contributed by atoms with E-state index in [-0.39, 0.29) is 57.8 Å². The van der Waals surface area contributed by atoms with Crippen LogP contribution in [0.1, 0.15) is 6.42 Å². The number of alkyl halides is 1. The summed E-state index contributed by atoms with van der Waals surface area (Å²) in [5.74, 6) is 0. The Morgan fingerprint density at radius 1 is 1.36 bits per heavy atom. The van der Waals surface area contributed by atoms with Crippen molar-refractivity contribution in [2.75, 3.05) is 6.44 Å². The van der Waals surface area contributed by atoms with Crippen LogP contribution in [-0.4, -0.2) is 25.6 Å². The molecule has 0 amide bonds. The summed E-state index contributed by atoms with van der Waals surface area (Å²) in [6.07, 6.45) is -1.85. The van der Waals surface area contributed by atoms with Gasteiger partial charge in [-0.3, -0.25) is 0 Å². The first kappa shape index (κ1) is 12.4. The van der Waals surface area contributed by atoms with Crippen molar-refractivity contribution in [2.24, 2.45) is 0 Å². The Hall–Kier alpha value is 1.38. The van der Waals surface area contributed by atoms with E-state index in [0.717, 1.165) is 0 Å². The maximum Gasteiger partial charge on any atom is 1.00 e. The van der Waals surface area contributed by atoms with Crippen LogP contribution in [0.25, 0.3) is 0 Å². The van der Waals surface area contributed by atoms with Gasteiger partial charge < -0.3 is 18.3 Å². The summed E-state index contributed by atoms with van der Waals surface area (Å²) in [6.45, 7) is -4.79. The molecule has 0 saturated heterocycles. The molecule has 0 aromatic heterocycles. The van der Waals surface area contributed by atoms with E-state index in [0.29, 0.717) is 0 Å². The summed E-state index contributed by atoms with van der Waals surface area (Å²) >= 11 is 0. The Balaban J connectivity index is 0.000001000. The quantitative estimate of drug-likeness (QED) is 0.408. The molecular weight excluding hydrogens is 188 g/mol. The van der Waals surface area contributed by atoms with Crippen LogP contribution in [-0.2, 0) is 0 Å². The molecule has 0 bridgehead atoms. The Morgan fingerprint density at radius 3 is 2.09 bits per heavy atom. The van der Waals surface area contributed by atoms with E-state index in [4.69, 9.17) is 0 Å². The molecule has 0 spiro atoms. The molecule has 0 aromatic carbocycles. The SMILES string of the molecule is F[C@H]1C[C@H]1NC[B-](F)(F)F.[K+]. The van der Waals surface area contributed by atoms with Gasteiger partial charge in [0, 0.05) is 6.04 Å². The third-order valence-corrected chi connectivity index (χ3v) is 1.32. The van der Waals surface area contributed by atoms with E-state index in [2.05, 4.69) is 5.32 Å². The summed E-state index contributed by atoms with van der Waals surface area (Å²) in [6, 6.07) is -0.538. The van der Waals surface area contributed by atoms with E-state index in [9.17, 15) is 17.3 Å². The molecule has 0 unspecified atom stereocenters. The van der Waals surface area contributed by atoms with E-state index >= 15 is 0 Å². The van der Waals surface area contributed by atoms with Crippen molar-refractivity contribution in [1.82, 2.24) is 5.32 Å². The van der Waals surface area contributed by atoms with Crippen molar-refractivity contribution in [1.29, 1.82) is 0 Å². The second kappa shape index (κ2) is 4.57.